The maximum absolute atomic E-state index is 6.04. The van der Waals surface area contributed by atoms with E-state index in [0.717, 1.165) is 12.1 Å². The van der Waals surface area contributed by atoms with Crippen molar-refractivity contribution in [2.75, 3.05) is 5.32 Å². The smallest absolute Gasteiger partial charge is 0.0612 e. The van der Waals surface area contributed by atoms with E-state index in [-0.39, 0.29) is 6.04 Å². The molecule has 0 spiro atoms. The number of rotatable bonds is 4. The molecule has 1 nitrogen and oxygen atoms in total. The molecular formula is C16H17Cl2N. The first-order valence-corrected chi connectivity index (χ1v) is 7.14. The van der Waals surface area contributed by atoms with Crippen LogP contribution in [-0.4, -0.2) is 0 Å². The van der Waals surface area contributed by atoms with Gasteiger partial charge in [0.15, 0.2) is 0 Å². The predicted molar refractivity (Wildman–Crippen MR) is 84.3 cm³/mol. The molecule has 3 heteroatoms. The number of aryl methyl sites for hydroxylation is 1. The second kappa shape index (κ2) is 6.31. The molecule has 0 aromatic heterocycles. The Kier molecular flexibility index (Phi) is 4.73. The van der Waals surface area contributed by atoms with Crippen LogP contribution in [0.3, 0.4) is 0 Å². The lowest BCUT2D eigenvalue weighted by molar-refractivity contribution is 0.749. The normalized spacial score (nSPS) is 12.2. The highest BCUT2D eigenvalue weighted by Gasteiger charge is 2.09. The molecule has 2 rings (SSSR count). The SMILES string of the molecule is CCC(Nc1ccc(Cl)c(Cl)c1)c1ccc(C)cc1. The van der Waals surface area contributed by atoms with E-state index >= 15 is 0 Å². The van der Waals surface area contributed by atoms with Gasteiger partial charge in [-0.3, -0.25) is 0 Å². The van der Waals surface area contributed by atoms with Crippen LogP contribution in [0.5, 0.6) is 0 Å². The summed E-state index contributed by atoms with van der Waals surface area (Å²) in [6.07, 6.45) is 1.00. The molecule has 0 radical (unpaired) electrons. The predicted octanol–water partition coefficient (Wildman–Crippen LogP) is 5.87. The van der Waals surface area contributed by atoms with E-state index in [1.54, 1.807) is 0 Å². The third kappa shape index (κ3) is 3.65. The second-order valence-corrected chi connectivity index (χ2v) is 5.46. The summed E-state index contributed by atoms with van der Waals surface area (Å²) in [4.78, 5) is 0. The lowest BCUT2D eigenvalue weighted by Gasteiger charge is -2.19. The Morgan fingerprint density at radius 3 is 2.26 bits per heavy atom. The summed E-state index contributed by atoms with van der Waals surface area (Å²) < 4.78 is 0. The van der Waals surface area contributed by atoms with Gasteiger partial charge in [-0.15, -0.1) is 0 Å². The zero-order chi connectivity index (χ0) is 13.8. The van der Waals surface area contributed by atoms with Crippen molar-refractivity contribution in [1.82, 2.24) is 0 Å². The summed E-state index contributed by atoms with van der Waals surface area (Å²) in [5.74, 6) is 0. The van der Waals surface area contributed by atoms with Crippen LogP contribution in [0.15, 0.2) is 42.5 Å². The van der Waals surface area contributed by atoms with Crippen LogP contribution in [0.4, 0.5) is 5.69 Å². The van der Waals surface area contributed by atoms with Gasteiger partial charge in [0, 0.05) is 5.69 Å². The topological polar surface area (TPSA) is 12.0 Å². The highest BCUT2D eigenvalue weighted by atomic mass is 35.5. The summed E-state index contributed by atoms with van der Waals surface area (Å²) in [5.41, 5.74) is 3.54. The molecule has 0 heterocycles. The minimum absolute atomic E-state index is 0.276. The molecule has 1 N–H and O–H groups in total. The van der Waals surface area contributed by atoms with Crippen LogP contribution in [0, 0.1) is 6.92 Å². The Hall–Kier alpha value is -1.18. The fourth-order valence-electron chi connectivity index (χ4n) is 2.01. The molecule has 0 aliphatic heterocycles. The molecule has 0 bridgehead atoms. The van der Waals surface area contributed by atoms with E-state index in [4.69, 9.17) is 23.2 Å². The minimum atomic E-state index is 0.276. The van der Waals surface area contributed by atoms with Crippen molar-refractivity contribution < 1.29 is 0 Å². The molecule has 19 heavy (non-hydrogen) atoms. The minimum Gasteiger partial charge on any atom is -0.378 e. The number of halogens is 2. The monoisotopic (exact) mass is 293 g/mol. The highest BCUT2D eigenvalue weighted by molar-refractivity contribution is 6.42. The molecule has 0 saturated heterocycles. The van der Waals surface area contributed by atoms with E-state index in [0.29, 0.717) is 10.0 Å². The van der Waals surface area contributed by atoms with E-state index in [1.165, 1.54) is 11.1 Å². The number of nitrogens with one attached hydrogen (secondary N) is 1. The average molecular weight is 294 g/mol. The summed E-state index contributed by atoms with van der Waals surface area (Å²) in [7, 11) is 0. The quantitative estimate of drug-likeness (QED) is 0.744. The Morgan fingerprint density at radius 1 is 1.00 bits per heavy atom. The van der Waals surface area contributed by atoms with Gasteiger partial charge in [-0.25, -0.2) is 0 Å². The molecule has 1 atom stereocenters. The molecule has 0 aliphatic rings. The fraction of sp³-hybridized carbons (Fsp3) is 0.250. The van der Waals surface area contributed by atoms with Crippen molar-refractivity contribution in [3.8, 4) is 0 Å². The van der Waals surface area contributed by atoms with Crippen molar-refractivity contribution in [2.24, 2.45) is 0 Å². The molecular weight excluding hydrogens is 277 g/mol. The van der Waals surface area contributed by atoms with Crippen LogP contribution in [-0.2, 0) is 0 Å². The standard InChI is InChI=1S/C16H17Cl2N/c1-3-16(12-6-4-11(2)5-7-12)19-13-8-9-14(17)15(18)10-13/h4-10,16,19H,3H2,1-2H3. The van der Waals surface area contributed by atoms with Crippen LogP contribution in [0.25, 0.3) is 0 Å². The Balaban J connectivity index is 2.18. The zero-order valence-corrected chi connectivity index (χ0v) is 12.6. The molecule has 0 aliphatic carbocycles. The Labute approximate surface area is 124 Å². The maximum atomic E-state index is 6.04. The molecule has 0 saturated carbocycles. The lowest BCUT2D eigenvalue weighted by Crippen LogP contribution is -2.09. The van der Waals surface area contributed by atoms with E-state index in [9.17, 15) is 0 Å². The van der Waals surface area contributed by atoms with E-state index in [2.05, 4.69) is 43.4 Å². The molecule has 100 valence electrons. The molecule has 2 aromatic carbocycles. The largest absolute Gasteiger partial charge is 0.378 e. The molecule has 0 amide bonds. The van der Waals surface area contributed by atoms with E-state index < -0.39 is 0 Å². The first kappa shape index (κ1) is 14.2. The summed E-state index contributed by atoms with van der Waals surface area (Å²) >= 11 is 12.0. The highest BCUT2D eigenvalue weighted by Crippen LogP contribution is 2.28. The summed E-state index contributed by atoms with van der Waals surface area (Å²) in [6.45, 7) is 4.26. The third-order valence-electron chi connectivity index (χ3n) is 3.15. The van der Waals surface area contributed by atoms with Crippen molar-refractivity contribution in [2.45, 2.75) is 26.3 Å². The van der Waals surface area contributed by atoms with Gasteiger partial charge in [-0.05, 0) is 37.1 Å². The van der Waals surface area contributed by atoms with Crippen molar-refractivity contribution in [3.05, 3.63) is 63.6 Å². The van der Waals surface area contributed by atoms with Gasteiger partial charge in [0.05, 0.1) is 16.1 Å². The number of anilines is 1. The summed E-state index contributed by atoms with van der Waals surface area (Å²) in [5, 5.41) is 4.64. The van der Waals surface area contributed by atoms with Gasteiger partial charge < -0.3 is 5.32 Å². The average Bonchev–Trinajstić information content (AvgIpc) is 2.41. The fourth-order valence-corrected chi connectivity index (χ4v) is 2.31. The third-order valence-corrected chi connectivity index (χ3v) is 3.89. The number of hydrogen-bond donors (Lipinski definition) is 1. The van der Waals surface area contributed by atoms with Crippen molar-refractivity contribution in [3.63, 3.8) is 0 Å². The van der Waals surface area contributed by atoms with Gasteiger partial charge in [0.25, 0.3) is 0 Å². The van der Waals surface area contributed by atoms with Crippen LogP contribution in [0.1, 0.15) is 30.5 Å². The first-order chi connectivity index (χ1) is 9.10. The van der Waals surface area contributed by atoms with Gasteiger partial charge in [0.2, 0.25) is 0 Å². The number of benzene rings is 2. The van der Waals surface area contributed by atoms with Gasteiger partial charge >= 0.3 is 0 Å². The Morgan fingerprint density at radius 2 is 1.68 bits per heavy atom. The molecule has 0 fully saturated rings. The lowest BCUT2D eigenvalue weighted by atomic mass is 10.0. The van der Waals surface area contributed by atoms with Crippen LogP contribution in [0.2, 0.25) is 10.0 Å². The summed E-state index contributed by atoms with van der Waals surface area (Å²) in [6, 6.07) is 14.5. The Bertz CT molecular complexity index is 549. The van der Waals surface area contributed by atoms with Crippen molar-refractivity contribution in [1.29, 1.82) is 0 Å². The zero-order valence-electron chi connectivity index (χ0n) is 11.1. The van der Waals surface area contributed by atoms with Gasteiger partial charge in [-0.1, -0.05) is 60.0 Å². The molecule has 1 unspecified atom stereocenters. The second-order valence-electron chi connectivity index (χ2n) is 4.64. The number of hydrogen-bond acceptors (Lipinski definition) is 1. The van der Waals surface area contributed by atoms with Crippen LogP contribution < -0.4 is 5.32 Å². The van der Waals surface area contributed by atoms with Gasteiger partial charge in [-0.2, -0.15) is 0 Å². The van der Waals surface area contributed by atoms with Crippen LogP contribution >= 0.6 is 23.2 Å². The van der Waals surface area contributed by atoms with Crippen molar-refractivity contribution >= 4 is 28.9 Å². The molecule has 2 aromatic rings. The first-order valence-electron chi connectivity index (χ1n) is 6.38. The van der Waals surface area contributed by atoms with Gasteiger partial charge in [0.1, 0.15) is 0 Å². The van der Waals surface area contributed by atoms with E-state index in [1.807, 2.05) is 18.2 Å². The maximum Gasteiger partial charge on any atom is 0.0612 e.